The van der Waals surface area contributed by atoms with Gasteiger partial charge in [-0.15, -0.1) is 0 Å². The van der Waals surface area contributed by atoms with Crippen molar-refractivity contribution in [2.45, 2.75) is 74.7 Å². The van der Waals surface area contributed by atoms with Crippen molar-refractivity contribution in [2.75, 3.05) is 0 Å². The predicted molar refractivity (Wildman–Crippen MR) is 156 cm³/mol. The maximum absolute atomic E-state index is 13.6. The normalized spacial score (nSPS) is 15.1. The number of benzene rings is 2. The first-order chi connectivity index (χ1) is 18.3. The highest BCUT2D eigenvalue weighted by Gasteiger charge is 2.41. The highest BCUT2D eigenvalue weighted by molar-refractivity contribution is 6.12. The molecular formula is C33H46FNO3. The summed E-state index contributed by atoms with van der Waals surface area (Å²) in [6.07, 6.45) is 6.51. The Hall–Kier alpha value is -3.34. The van der Waals surface area contributed by atoms with Crippen LogP contribution in [0.2, 0.25) is 0 Å². The first kappa shape index (κ1) is 34.7. The van der Waals surface area contributed by atoms with Crippen LogP contribution >= 0.6 is 0 Å². The molecule has 3 atom stereocenters. The Morgan fingerprint density at radius 1 is 0.868 bits per heavy atom. The van der Waals surface area contributed by atoms with Crippen molar-refractivity contribution < 1.29 is 18.8 Å². The first-order valence-electron chi connectivity index (χ1n) is 13.9. The molecule has 1 N–H and O–H groups in total. The van der Waals surface area contributed by atoms with Crippen LogP contribution in [0.15, 0.2) is 78.5 Å². The van der Waals surface area contributed by atoms with Crippen LogP contribution in [0.5, 0.6) is 0 Å². The summed E-state index contributed by atoms with van der Waals surface area (Å²) in [6.45, 7) is 17.5. The molecule has 0 aliphatic heterocycles. The van der Waals surface area contributed by atoms with Crippen LogP contribution < -0.4 is 5.32 Å². The molecule has 1 amide bonds. The number of hydrogen-bond acceptors (Lipinski definition) is 3. The molecule has 3 unspecified atom stereocenters. The lowest BCUT2D eigenvalue weighted by Gasteiger charge is -2.27. The Labute approximate surface area is 229 Å². The summed E-state index contributed by atoms with van der Waals surface area (Å²) in [5.41, 5.74) is 1.44. The van der Waals surface area contributed by atoms with Crippen LogP contribution in [0.25, 0.3) is 0 Å². The van der Waals surface area contributed by atoms with E-state index in [9.17, 15) is 18.8 Å². The molecule has 2 aromatic carbocycles. The number of Topliss-reactive ketones (excluding diaryl/α,β-unsaturated/α-hetero) is 2. The molecule has 0 heterocycles. The number of carbonyl (C=O) groups excluding carboxylic acids is 3. The second-order valence-corrected chi connectivity index (χ2v) is 8.52. The average molecular weight is 524 g/mol. The minimum atomic E-state index is -1.22. The van der Waals surface area contributed by atoms with Crippen molar-refractivity contribution in [1.29, 1.82) is 0 Å². The standard InChI is InChI=1S/C27H28FNO3.3C2H6/c1-17(2)25(30)24(27(32)29-22-15-9-18(3)10-16-22)23(19-7-5-4-6-8-19)26(31)20-11-13-21(28)14-12-20;3*1-2/h4-9,11-18,23-24H,10H2,1-3H3,(H,29,32);3*1-2H3. The fraction of sp³-hybridized carbons (Fsp3) is 0.424. The number of halogens is 1. The molecular weight excluding hydrogens is 477 g/mol. The van der Waals surface area contributed by atoms with E-state index in [1.807, 2.05) is 59.8 Å². The minimum Gasteiger partial charge on any atom is -0.326 e. The number of rotatable bonds is 8. The fourth-order valence-electron chi connectivity index (χ4n) is 3.79. The summed E-state index contributed by atoms with van der Waals surface area (Å²) in [7, 11) is 0. The fourth-order valence-corrected chi connectivity index (χ4v) is 3.79. The van der Waals surface area contributed by atoms with E-state index >= 15 is 0 Å². The highest BCUT2D eigenvalue weighted by Crippen LogP contribution is 2.32. The van der Waals surface area contributed by atoms with Gasteiger partial charge < -0.3 is 5.32 Å². The summed E-state index contributed by atoms with van der Waals surface area (Å²) >= 11 is 0. The van der Waals surface area contributed by atoms with Crippen LogP contribution in [-0.4, -0.2) is 17.5 Å². The Bertz CT molecular complexity index is 1040. The molecule has 38 heavy (non-hydrogen) atoms. The number of ketones is 2. The van der Waals surface area contributed by atoms with Crippen molar-refractivity contribution >= 4 is 17.5 Å². The predicted octanol–water partition coefficient (Wildman–Crippen LogP) is 8.31. The number of allylic oxidation sites excluding steroid dienone is 3. The van der Waals surface area contributed by atoms with Gasteiger partial charge in [-0.3, -0.25) is 14.4 Å². The third-order valence-corrected chi connectivity index (χ3v) is 5.64. The molecule has 0 spiro atoms. The molecule has 0 fully saturated rings. The summed E-state index contributed by atoms with van der Waals surface area (Å²) in [5.74, 6) is -4.01. The number of nitrogens with one attached hydrogen (secondary N) is 1. The zero-order chi connectivity index (χ0) is 29.3. The van der Waals surface area contributed by atoms with E-state index in [2.05, 4.69) is 12.2 Å². The molecule has 5 heteroatoms. The molecule has 3 rings (SSSR count). The van der Waals surface area contributed by atoms with Crippen molar-refractivity contribution in [3.8, 4) is 0 Å². The van der Waals surface area contributed by atoms with E-state index in [0.29, 0.717) is 17.2 Å². The molecule has 0 radical (unpaired) electrons. The topological polar surface area (TPSA) is 63.2 Å². The molecule has 1 aliphatic carbocycles. The molecule has 2 aromatic rings. The highest BCUT2D eigenvalue weighted by atomic mass is 19.1. The average Bonchev–Trinajstić information content (AvgIpc) is 2.96. The van der Waals surface area contributed by atoms with Gasteiger partial charge >= 0.3 is 0 Å². The number of carbonyl (C=O) groups is 3. The van der Waals surface area contributed by atoms with Crippen molar-refractivity contribution in [3.63, 3.8) is 0 Å². The third-order valence-electron chi connectivity index (χ3n) is 5.64. The summed E-state index contributed by atoms with van der Waals surface area (Å²) < 4.78 is 13.4. The zero-order valence-corrected chi connectivity index (χ0v) is 24.5. The first-order valence-corrected chi connectivity index (χ1v) is 13.9. The van der Waals surface area contributed by atoms with Gasteiger partial charge in [0.25, 0.3) is 0 Å². The van der Waals surface area contributed by atoms with Gasteiger partial charge in [-0.05, 0) is 48.2 Å². The van der Waals surface area contributed by atoms with Gasteiger partial charge in [0, 0.05) is 17.2 Å². The van der Waals surface area contributed by atoms with Crippen LogP contribution in [-0.2, 0) is 9.59 Å². The molecule has 1 aliphatic rings. The lowest BCUT2D eigenvalue weighted by molar-refractivity contribution is -0.136. The Balaban J connectivity index is 0.00000213. The van der Waals surface area contributed by atoms with Crippen LogP contribution in [0.3, 0.4) is 0 Å². The van der Waals surface area contributed by atoms with E-state index < -0.39 is 35.3 Å². The summed E-state index contributed by atoms with van der Waals surface area (Å²) in [4.78, 5) is 40.3. The summed E-state index contributed by atoms with van der Waals surface area (Å²) in [5, 5.41) is 2.84. The third kappa shape index (κ3) is 10.2. The Morgan fingerprint density at radius 2 is 1.42 bits per heavy atom. The van der Waals surface area contributed by atoms with Crippen molar-refractivity contribution in [2.24, 2.45) is 17.8 Å². The second-order valence-electron chi connectivity index (χ2n) is 8.52. The van der Waals surface area contributed by atoms with E-state index in [4.69, 9.17) is 0 Å². The van der Waals surface area contributed by atoms with Crippen LogP contribution in [0.4, 0.5) is 4.39 Å². The van der Waals surface area contributed by atoms with Crippen LogP contribution in [0.1, 0.15) is 90.6 Å². The van der Waals surface area contributed by atoms with E-state index in [1.165, 1.54) is 24.3 Å². The molecule has 0 saturated heterocycles. The molecule has 0 bridgehead atoms. The molecule has 208 valence electrons. The van der Waals surface area contributed by atoms with Gasteiger partial charge in [-0.25, -0.2) is 4.39 Å². The van der Waals surface area contributed by atoms with Gasteiger partial charge in [0.05, 0.1) is 5.92 Å². The van der Waals surface area contributed by atoms with Crippen LogP contribution in [0, 0.1) is 23.6 Å². The van der Waals surface area contributed by atoms with Gasteiger partial charge in [0.15, 0.2) is 5.78 Å². The quantitative estimate of drug-likeness (QED) is 0.279. The number of hydrogen-bond donors (Lipinski definition) is 1. The zero-order valence-electron chi connectivity index (χ0n) is 24.5. The maximum atomic E-state index is 13.6. The maximum Gasteiger partial charge on any atom is 0.236 e. The Kier molecular flexibility index (Phi) is 17.2. The van der Waals surface area contributed by atoms with Gasteiger partial charge in [-0.1, -0.05) is 105 Å². The van der Waals surface area contributed by atoms with E-state index in [0.717, 1.165) is 6.42 Å². The smallest absolute Gasteiger partial charge is 0.236 e. The van der Waals surface area contributed by atoms with E-state index in [-0.39, 0.29) is 11.3 Å². The lowest BCUT2D eigenvalue weighted by Crippen LogP contribution is -2.42. The lowest BCUT2D eigenvalue weighted by atomic mass is 9.75. The van der Waals surface area contributed by atoms with E-state index in [1.54, 1.807) is 44.2 Å². The molecule has 0 saturated carbocycles. The monoisotopic (exact) mass is 523 g/mol. The molecule has 4 nitrogen and oxygen atoms in total. The molecule has 0 aromatic heterocycles. The van der Waals surface area contributed by atoms with Gasteiger partial charge in [0.2, 0.25) is 5.91 Å². The summed E-state index contributed by atoms with van der Waals surface area (Å²) in [6, 6.07) is 14.0. The Morgan fingerprint density at radius 3 is 1.89 bits per heavy atom. The van der Waals surface area contributed by atoms with Gasteiger partial charge in [0.1, 0.15) is 17.5 Å². The van der Waals surface area contributed by atoms with Crippen molar-refractivity contribution in [1.82, 2.24) is 5.32 Å². The SMILES string of the molecule is CC.CC.CC.CC1C=CC(NC(=O)C(C(=O)C(C)C)C(C(=O)c2ccc(F)cc2)c2ccccc2)=CC1. The van der Waals surface area contributed by atoms with Crippen molar-refractivity contribution in [3.05, 3.63) is 95.5 Å². The number of amides is 1. The largest absolute Gasteiger partial charge is 0.326 e. The second kappa shape index (κ2) is 18.8. The minimum absolute atomic E-state index is 0.250. The van der Waals surface area contributed by atoms with Gasteiger partial charge in [-0.2, -0.15) is 0 Å².